The van der Waals surface area contributed by atoms with Crippen LogP contribution in [0, 0.1) is 6.92 Å². The first-order valence-corrected chi connectivity index (χ1v) is 5.08. The van der Waals surface area contributed by atoms with E-state index in [2.05, 4.69) is 10.3 Å². The minimum Gasteiger partial charge on any atom is -0.389 e. The molecule has 1 aromatic rings. The summed E-state index contributed by atoms with van der Waals surface area (Å²) in [5, 5.41) is 12.8. The maximum Gasteiger partial charge on any atom is 0.126 e. The van der Waals surface area contributed by atoms with Gasteiger partial charge < -0.3 is 10.4 Å². The summed E-state index contributed by atoms with van der Waals surface area (Å²) in [5.74, 6) is 0.925. The monoisotopic (exact) mass is 192 g/mol. The van der Waals surface area contributed by atoms with Crippen LogP contribution < -0.4 is 5.32 Å². The van der Waals surface area contributed by atoms with E-state index in [0.29, 0.717) is 6.04 Å². The van der Waals surface area contributed by atoms with Crippen molar-refractivity contribution in [3.8, 4) is 0 Å². The van der Waals surface area contributed by atoms with Crippen LogP contribution in [0.25, 0.3) is 0 Å². The lowest BCUT2D eigenvalue weighted by Crippen LogP contribution is -2.05. The third-order valence-corrected chi connectivity index (χ3v) is 2.53. The molecule has 3 nitrogen and oxygen atoms in total. The number of rotatable bonds is 3. The van der Waals surface area contributed by atoms with Crippen molar-refractivity contribution in [1.29, 1.82) is 0 Å². The largest absolute Gasteiger partial charge is 0.389 e. The van der Waals surface area contributed by atoms with Gasteiger partial charge in [0.05, 0.1) is 6.10 Å². The molecule has 1 aliphatic rings. The summed E-state index contributed by atoms with van der Waals surface area (Å²) in [4.78, 5) is 4.27. The standard InChI is InChI=1S/C11H16N2O/c1-7-5-11(13-9-3-4-9)12-6-10(7)8(2)14/h5-6,8-9,14H,3-4H2,1-2H3,(H,12,13)/t8-/m0/s1. The topological polar surface area (TPSA) is 45.2 Å². The quantitative estimate of drug-likeness (QED) is 0.770. The Morgan fingerprint density at radius 3 is 2.79 bits per heavy atom. The average molecular weight is 192 g/mol. The van der Waals surface area contributed by atoms with E-state index in [9.17, 15) is 5.11 Å². The number of aliphatic hydroxyl groups is 1. The molecule has 0 aromatic carbocycles. The second-order valence-corrected chi connectivity index (χ2v) is 4.02. The molecule has 0 aliphatic heterocycles. The number of aliphatic hydroxyl groups excluding tert-OH is 1. The van der Waals surface area contributed by atoms with Crippen LogP contribution in [-0.2, 0) is 0 Å². The summed E-state index contributed by atoms with van der Waals surface area (Å²) in [6, 6.07) is 2.62. The Hall–Kier alpha value is -1.09. The number of pyridine rings is 1. The van der Waals surface area contributed by atoms with Gasteiger partial charge in [0.1, 0.15) is 5.82 Å². The predicted octanol–water partition coefficient (Wildman–Crippen LogP) is 2.02. The van der Waals surface area contributed by atoms with Gasteiger partial charge in [0.15, 0.2) is 0 Å². The smallest absolute Gasteiger partial charge is 0.126 e. The van der Waals surface area contributed by atoms with E-state index in [-0.39, 0.29) is 0 Å². The van der Waals surface area contributed by atoms with Crippen LogP contribution in [0.4, 0.5) is 5.82 Å². The summed E-state index contributed by atoms with van der Waals surface area (Å²) in [5.41, 5.74) is 2.00. The zero-order chi connectivity index (χ0) is 10.1. The summed E-state index contributed by atoms with van der Waals surface area (Å²) < 4.78 is 0. The van der Waals surface area contributed by atoms with Gasteiger partial charge >= 0.3 is 0 Å². The average Bonchev–Trinajstić information content (AvgIpc) is 2.87. The zero-order valence-corrected chi connectivity index (χ0v) is 8.62. The highest BCUT2D eigenvalue weighted by Crippen LogP contribution is 2.25. The molecule has 1 heterocycles. The van der Waals surface area contributed by atoms with E-state index in [1.165, 1.54) is 12.8 Å². The molecule has 2 N–H and O–H groups in total. The molecule has 1 saturated carbocycles. The molecule has 0 spiro atoms. The van der Waals surface area contributed by atoms with Crippen molar-refractivity contribution in [2.24, 2.45) is 0 Å². The van der Waals surface area contributed by atoms with Crippen molar-refractivity contribution < 1.29 is 5.11 Å². The van der Waals surface area contributed by atoms with Gasteiger partial charge in [0.25, 0.3) is 0 Å². The number of hydrogen-bond acceptors (Lipinski definition) is 3. The molecule has 0 bridgehead atoms. The molecule has 3 heteroatoms. The van der Waals surface area contributed by atoms with Gasteiger partial charge in [0, 0.05) is 17.8 Å². The highest BCUT2D eigenvalue weighted by atomic mass is 16.3. The maximum absolute atomic E-state index is 9.43. The van der Waals surface area contributed by atoms with Gasteiger partial charge in [-0.05, 0) is 38.3 Å². The minimum atomic E-state index is -0.433. The Morgan fingerprint density at radius 2 is 2.29 bits per heavy atom. The first-order valence-electron chi connectivity index (χ1n) is 5.08. The van der Waals surface area contributed by atoms with Crippen LogP contribution in [-0.4, -0.2) is 16.1 Å². The van der Waals surface area contributed by atoms with Crippen molar-refractivity contribution in [1.82, 2.24) is 4.98 Å². The number of nitrogens with one attached hydrogen (secondary N) is 1. The second kappa shape index (κ2) is 3.58. The van der Waals surface area contributed by atoms with E-state index in [1.807, 2.05) is 13.0 Å². The number of aromatic nitrogens is 1. The van der Waals surface area contributed by atoms with Gasteiger partial charge in [-0.25, -0.2) is 4.98 Å². The van der Waals surface area contributed by atoms with Crippen molar-refractivity contribution in [2.45, 2.75) is 38.8 Å². The van der Waals surface area contributed by atoms with Crippen molar-refractivity contribution in [2.75, 3.05) is 5.32 Å². The summed E-state index contributed by atoms with van der Waals surface area (Å²) in [6.45, 7) is 3.76. The van der Waals surface area contributed by atoms with Gasteiger partial charge in [-0.1, -0.05) is 0 Å². The number of hydrogen-bond donors (Lipinski definition) is 2. The molecule has 1 fully saturated rings. The molecule has 2 rings (SSSR count). The normalized spacial score (nSPS) is 17.9. The molecule has 0 radical (unpaired) electrons. The highest BCUT2D eigenvalue weighted by Gasteiger charge is 2.21. The Morgan fingerprint density at radius 1 is 1.57 bits per heavy atom. The lowest BCUT2D eigenvalue weighted by molar-refractivity contribution is 0.198. The number of aryl methyl sites for hydroxylation is 1. The summed E-state index contributed by atoms with van der Waals surface area (Å²) in [6.07, 6.45) is 3.82. The predicted molar refractivity (Wildman–Crippen MR) is 56.3 cm³/mol. The van der Waals surface area contributed by atoms with Gasteiger partial charge in [-0.3, -0.25) is 0 Å². The van der Waals surface area contributed by atoms with Crippen LogP contribution in [0.15, 0.2) is 12.3 Å². The minimum absolute atomic E-state index is 0.433. The van der Waals surface area contributed by atoms with Crippen molar-refractivity contribution in [3.05, 3.63) is 23.4 Å². The Balaban J connectivity index is 2.16. The Labute approximate surface area is 84.2 Å². The van der Waals surface area contributed by atoms with Crippen LogP contribution in [0.2, 0.25) is 0 Å². The molecule has 0 amide bonds. The SMILES string of the molecule is Cc1cc(NC2CC2)ncc1[C@H](C)O. The zero-order valence-electron chi connectivity index (χ0n) is 8.62. The van der Waals surface area contributed by atoms with Gasteiger partial charge in [0.2, 0.25) is 0 Å². The van der Waals surface area contributed by atoms with E-state index >= 15 is 0 Å². The second-order valence-electron chi connectivity index (χ2n) is 4.02. The molecule has 0 unspecified atom stereocenters. The van der Waals surface area contributed by atoms with Crippen LogP contribution in [0.1, 0.15) is 37.0 Å². The first-order chi connectivity index (χ1) is 6.66. The highest BCUT2D eigenvalue weighted by molar-refractivity contribution is 5.42. The van der Waals surface area contributed by atoms with E-state index in [4.69, 9.17) is 0 Å². The molecular weight excluding hydrogens is 176 g/mol. The van der Waals surface area contributed by atoms with E-state index < -0.39 is 6.10 Å². The van der Waals surface area contributed by atoms with E-state index in [0.717, 1.165) is 16.9 Å². The molecule has 0 saturated heterocycles. The molecule has 76 valence electrons. The van der Waals surface area contributed by atoms with Crippen molar-refractivity contribution in [3.63, 3.8) is 0 Å². The number of anilines is 1. The lowest BCUT2D eigenvalue weighted by atomic mass is 10.1. The fraction of sp³-hybridized carbons (Fsp3) is 0.545. The fourth-order valence-electron chi connectivity index (χ4n) is 1.52. The third-order valence-electron chi connectivity index (χ3n) is 2.53. The van der Waals surface area contributed by atoms with Crippen molar-refractivity contribution >= 4 is 5.82 Å². The molecule has 1 aliphatic carbocycles. The van der Waals surface area contributed by atoms with Crippen LogP contribution >= 0.6 is 0 Å². The molecule has 1 atom stereocenters. The van der Waals surface area contributed by atoms with Crippen LogP contribution in [0.3, 0.4) is 0 Å². The molecule has 14 heavy (non-hydrogen) atoms. The van der Waals surface area contributed by atoms with Gasteiger partial charge in [-0.2, -0.15) is 0 Å². The Kier molecular flexibility index (Phi) is 2.42. The fourth-order valence-corrected chi connectivity index (χ4v) is 1.52. The maximum atomic E-state index is 9.43. The van der Waals surface area contributed by atoms with E-state index in [1.54, 1.807) is 13.1 Å². The first kappa shape index (κ1) is 9.46. The summed E-state index contributed by atoms with van der Waals surface area (Å²) in [7, 11) is 0. The van der Waals surface area contributed by atoms with Gasteiger partial charge in [-0.15, -0.1) is 0 Å². The molecular formula is C11H16N2O. The van der Waals surface area contributed by atoms with Crippen LogP contribution in [0.5, 0.6) is 0 Å². The molecule has 1 aromatic heterocycles. The third kappa shape index (κ3) is 2.04. The lowest BCUT2D eigenvalue weighted by Gasteiger charge is -2.10. The Bertz CT molecular complexity index is 332. The number of nitrogens with zero attached hydrogens (tertiary/aromatic N) is 1. The summed E-state index contributed by atoms with van der Waals surface area (Å²) >= 11 is 0.